The highest BCUT2D eigenvalue weighted by atomic mass is 79.9. The number of nitrogens with two attached hydrogens (primary N) is 1. The Morgan fingerprint density at radius 3 is 2.27 bits per heavy atom. The molecule has 1 rings (SSSR count). The zero-order valence-electron chi connectivity index (χ0n) is 16.2. The molecule has 26 heavy (non-hydrogen) atoms. The molecule has 0 aromatic heterocycles. The number of benzene rings is 1. The first kappa shape index (κ1) is 22.2. The zero-order valence-corrected chi connectivity index (χ0v) is 17.8. The van der Waals surface area contributed by atoms with Crippen molar-refractivity contribution in [3.8, 4) is 0 Å². The van der Waals surface area contributed by atoms with Crippen LogP contribution >= 0.6 is 15.9 Å². The molecule has 0 bridgehead atoms. The quantitative estimate of drug-likeness (QED) is 0.577. The van der Waals surface area contributed by atoms with Crippen molar-refractivity contribution < 1.29 is 14.7 Å². The standard InChI is InChI=1S/C20H29BrN2O3/c1-7-8-16(13-9-14(17(22)24)11-15(21)10-13)23(18(25)26)20(5,6)12-19(2,3)4/h7,9-11,16H,1,8,12H2,2-6H3,(H2,22,24)(H,25,26)/t16-/m0/s1. The fourth-order valence-corrected chi connectivity index (χ4v) is 4.20. The molecular formula is C20H29BrN2O3. The minimum Gasteiger partial charge on any atom is -0.465 e. The lowest BCUT2D eigenvalue weighted by molar-refractivity contribution is 0.0398. The Morgan fingerprint density at radius 2 is 1.85 bits per heavy atom. The monoisotopic (exact) mass is 424 g/mol. The molecule has 0 aliphatic carbocycles. The Hall–Kier alpha value is -1.82. The predicted molar refractivity (Wildman–Crippen MR) is 108 cm³/mol. The Balaban J connectivity index is 3.50. The summed E-state index contributed by atoms with van der Waals surface area (Å²) in [6.07, 6.45) is 1.79. The topological polar surface area (TPSA) is 83.6 Å². The number of carboxylic acid groups (broad SMARTS) is 1. The van der Waals surface area contributed by atoms with Gasteiger partial charge >= 0.3 is 6.09 Å². The molecule has 0 fully saturated rings. The molecule has 3 N–H and O–H groups in total. The van der Waals surface area contributed by atoms with Gasteiger partial charge in [-0.15, -0.1) is 6.58 Å². The van der Waals surface area contributed by atoms with Crippen LogP contribution in [0.2, 0.25) is 0 Å². The van der Waals surface area contributed by atoms with Crippen molar-refractivity contribution in [3.05, 3.63) is 46.5 Å². The number of hydrogen-bond acceptors (Lipinski definition) is 2. The van der Waals surface area contributed by atoms with Crippen molar-refractivity contribution >= 4 is 27.9 Å². The Labute approximate surface area is 164 Å². The first-order chi connectivity index (χ1) is 11.8. The fraction of sp³-hybridized carbons (Fsp3) is 0.500. The van der Waals surface area contributed by atoms with Crippen LogP contribution in [0.3, 0.4) is 0 Å². The van der Waals surface area contributed by atoms with Crippen LogP contribution in [0.15, 0.2) is 35.3 Å². The van der Waals surface area contributed by atoms with Crippen LogP contribution in [0.25, 0.3) is 0 Å². The van der Waals surface area contributed by atoms with Crippen molar-refractivity contribution in [1.29, 1.82) is 0 Å². The van der Waals surface area contributed by atoms with E-state index in [9.17, 15) is 14.7 Å². The maximum Gasteiger partial charge on any atom is 0.408 e. The van der Waals surface area contributed by atoms with Gasteiger partial charge in [0.15, 0.2) is 0 Å². The van der Waals surface area contributed by atoms with Gasteiger partial charge in [-0.25, -0.2) is 4.79 Å². The third-order valence-electron chi connectivity index (χ3n) is 4.11. The van der Waals surface area contributed by atoms with Crippen LogP contribution in [0.1, 0.15) is 69.4 Å². The highest BCUT2D eigenvalue weighted by Crippen LogP contribution is 2.39. The highest BCUT2D eigenvalue weighted by Gasteiger charge is 2.39. The SMILES string of the molecule is C=CC[C@@H](c1cc(Br)cc(C(N)=O)c1)N(C(=O)O)C(C)(C)CC(C)(C)C. The number of carbonyl (C=O) groups is 2. The molecule has 0 aliphatic rings. The molecule has 1 atom stereocenters. The van der Waals surface area contributed by atoms with E-state index in [0.29, 0.717) is 28.4 Å². The van der Waals surface area contributed by atoms with Crippen molar-refractivity contribution in [3.63, 3.8) is 0 Å². The van der Waals surface area contributed by atoms with Crippen LogP contribution in [-0.2, 0) is 0 Å². The van der Waals surface area contributed by atoms with Crippen LogP contribution in [0.5, 0.6) is 0 Å². The highest BCUT2D eigenvalue weighted by molar-refractivity contribution is 9.10. The number of rotatable bonds is 7. The van der Waals surface area contributed by atoms with Gasteiger partial charge in [0.25, 0.3) is 0 Å². The van der Waals surface area contributed by atoms with Crippen LogP contribution in [0, 0.1) is 5.41 Å². The molecule has 0 saturated heterocycles. The van der Waals surface area contributed by atoms with E-state index in [1.807, 2.05) is 19.9 Å². The summed E-state index contributed by atoms with van der Waals surface area (Å²) in [5.41, 5.74) is 5.79. The second-order valence-electron chi connectivity index (χ2n) is 8.38. The van der Waals surface area contributed by atoms with Crippen molar-refractivity contribution in [2.75, 3.05) is 0 Å². The van der Waals surface area contributed by atoms with Gasteiger partial charge in [-0.1, -0.05) is 42.8 Å². The molecule has 144 valence electrons. The smallest absolute Gasteiger partial charge is 0.408 e. The summed E-state index contributed by atoms with van der Waals surface area (Å²) in [6.45, 7) is 13.9. The summed E-state index contributed by atoms with van der Waals surface area (Å²) in [5.74, 6) is -0.555. The molecule has 0 radical (unpaired) electrons. The number of nitrogens with zero attached hydrogens (tertiary/aromatic N) is 1. The zero-order chi connectivity index (χ0) is 20.3. The first-order valence-electron chi connectivity index (χ1n) is 8.52. The van der Waals surface area contributed by atoms with Crippen molar-refractivity contribution in [1.82, 2.24) is 4.90 Å². The number of primary amides is 1. The van der Waals surface area contributed by atoms with E-state index in [0.717, 1.165) is 0 Å². The minimum absolute atomic E-state index is 0.0500. The average molecular weight is 425 g/mol. The van der Waals surface area contributed by atoms with E-state index in [1.54, 1.807) is 18.2 Å². The second kappa shape index (κ2) is 8.25. The molecule has 0 saturated carbocycles. The summed E-state index contributed by atoms with van der Waals surface area (Å²) < 4.78 is 0.678. The number of carbonyl (C=O) groups excluding carboxylic acids is 1. The largest absolute Gasteiger partial charge is 0.465 e. The van der Waals surface area contributed by atoms with Gasteiger partial charge in [0, 0.05) is 15.6 Å². The lowest BCUT2D eigenvalue weighted by Gasteiger charge is -2.45. The van der Waals surface area contributed by atoms with E-state index in [2.05, 4.69) is 43.3 Å². The molecule has 0 heterocycles. The molecule has 1 aromatic carbocycles. The lowest BCUT2D eigenvalue weighted by atomic mass is 9.79. The van der Waals surface area contributed by atoms with Gasteiger partial charge in [0.2, 0.25) is 5.91 Å². The number of amides is 2. The summed E-state index contributed by atoms with van der Waals surface area (Å²) in [5, 5.41) is 10.0. The lowest BCUT2D eigenvalue weighted by Crippen LogP contribution is -2.50. The predicted octanol–water partition coefficient (Wildman–Crippen LogP) is 5.36. The molecule has 0 spiro atoms. The third kappa shape index (κ3) is 5.87. The van der Waals surface area contributed by atoms with E-state index < -0.39 is 23.6 Å². The van der Waals surface area contributed by atoms with Crippen LogP contribution in [0.4, 0.5) is 4.79 Å². The minimum atomic E-state index is -1.01. The molecular weight excluding hydrogens is 396 g/mol. The van der Waals surface area contributed by atoms with Crippen LogP contribution in [-0.4, -0.2) is 27.5 Å². The molecule has 0 unspecified atom stereocenters. The van der Waals surface area contributed by atoms with Crippen LogP contribution < -0.4 is 5.73 Å². The molecule has 6 heteroatoms. The summed E-state index contributed by atoms with van der Waals surface area (Å²) >= 11 is 3.39. The van der Waals surface area contributed by atoms with E-state index in [4.69, 9.17) is 5.73 Å². The van der Waals surface area contributed by atoms with E-state index in [-0.39, 0.29) is 5.41 Å². The summed E-state index contributed by atoms with van der Waals surface area (Å²) in [7, 11) is 0. The van der Waals surface area contributed by atoms with E-state index in [1.165, 1.54) is 4.90 Å². The van der Waals surface area contributed by atoms with Crippen molar-refractivity contribution in [2.24, 2.45) is 11.1 Å². The normalized spacial score (nSPS) is 13.2. The maximum atomic E-state index is 12.2. The summed E-state index contributed by atoms with van der Waals surface area (Å²) in [4.78, 5) is 25.3. The molecule has 0 aliphatic heterocycles. The number of halogens is 1. The Bertz CT molecular complexity index is 693. The Morgan fingerprint density at radius 1 is 1.27 bits per heavy atom. The van der Waals surface area contributed by atoms with Gasteiger partial charge in [-0.2, -0.15) is 0 Å². The summed E-state index contributed by atoms with van der Waals surface area (Å²) in [6, 6.07) is 4.63. The van der Waals surface area contributed by atoms with Crippen molar-refractivity contribution in [2.45, 2.75) is 59.0 Å². The van der Waals surface area contributed by atoms with E-state index >= 15 is 0 Å². The van der Waals surface area contributed by atoms with Gasteiger partial charge in [-0.3, -0.25) is 9.69 Å². The fourth-order valence-electron chi connectivity index (χ4n) is 3.69. The average Bonchev–Trinajstić information content (AvgIpc) is 2.42. The first-order valence-corrected chi connectivity index (χ1v) is 9.31. The third-order valence-corrected chi connectivity index (χ3v) is 4.57. The molecule has 1 aromatic rings. The molecule has 5 nitrogen and oxygen atoms in total. The molecule has 2 amide bonds. The number of hydrogen-bond donors (Lipinski definition) is 2. The van der Waals surface area contributed by atoms with Gasteiger partial charge in [-0.05, 0) is 55.9 Å². The maximum absolute atomic E-state index is 12.2. The van der Waals surface area contributed by atoms with Gasteiger partial charge in [0.1, 0.15) is 0 Å². The van der Waals surface area contributed by atoms with Gasteiger partial charge < -0.3 is 10.8 Å². The Kier molecular flexibility index (Phi) is 7.05. The second-order valence-corrected chi connectivity index (χ2v) is 9.30. The van der Waals surface area contributed by atoms with Gasteiger partial charge in [0.05, 0.1) is 6.04 Å².